The van der Waals surface area contributed by atoms with E-state index in [0.29, 0.717) is 17.2 Å². The van der Waals surface area contributed by atoms with Crippen LogP contribution in [0.25, 0.3) is 11.0 Å². The van der Waals surface area contributed by atoms with Crippen molar-refractivity contribution in [1.82, 2.24) is 15.0 Å². The fourth-order valence-electron chi connectivity index (χ4n) is 3.20. The van der Waals surface area contributed by atoms with Crippen LogP contribution < -0.4 is 11.1 Å². The first kappa shape index (κ1) is 15.6. The number of hydrogen-bond donors (Lipinski definition) is 4. The van der Waals surface area contributed by atoms with Gasteiger partial charge in [-0.3, -0.25) is 0 Å². The molecule has 0 saturated carbocycles. The largest absolute Gasteiger partial charge is 0.398 e. The molecule has 0 spiro atoms. The summed E-state index contributed by atoms with van der Waals surface area (Å²) in [6.45, 7) is 1.60. The van der Waals surface area contributed by atoms with Crippen molar-refractivity contribution in [3.63, 3.8) is 0 Å². The number of aromatic amines is 1. The maximum atomic E-state index is 7.44. The molecule has 3 heterocycles. The number of nitrogens with one attached hydrogen (secondary N) is 3. The van der Waals surface area contributed by atoms with Gasteiger partial charge in [-0.05, 0) is 37.1 Å². The molecule has 0 atom stereocenters. The third-order valence-corrected chi connectivity index (χ3v) is 4.61. The molecule has 2 aromatic heterocycles. The van der Waals surface area contributed by atoms with Gasteiger partial charge in [-0.2, -0.15) is 0 Å². The predicted octanol–water partition coefficient (Wildman–Crippen LogP) is 3.18. The summed E-state index contributed by atoms with van der Waals surface area (Å²) in [5.74, 6) is 1.21. The molecule has 1 aliphatic heterocycles. The number of anilines is 3. The first-order chi connectivity index (χ1) is 12.2. The Hall–Kier alpha value is -2.93. The average molecular weight is 336 g/mol. The summed E-state index contributed by atoms with van der Waals surface area (Å²) in [6, 6.07) is 7.62. The second-order valence-corrected chi connectivity index (χ2v) is 6.21. The van der Waals surface area contributed by atoms with Gasteiger partial charge in [0.25, 0.3) is 0 Å². The number of H-pyrrole nitrogens is 1. The zero-order valence-electron chi connectivity index (χ0n) is 13.7. The van der Waals surface area contributed by atoms with E-state index in [1.807, 2.05) is 12.1 Å². The third-order valence-electron chi connectivity index (χ3n) is 4.61. The Morgan fingerprint density at radius 3 is 2.88 bits per heavy atom. The van der Waals surface area contributed by atoms with Gasteiger partial charge >= 0.3 is 0 Å². The zero-order valence-corrected chi connectivity index (χ0v) is 13.7. The number of ether oxygens (including phenoxy) is 1. The number of nitrogens with two attached hydrogens (primary N) is 1. The molecule has 1 saturated heterocycles. The Kier molecular flexibility index (Phi) is 4.07. The maximum Gasteiger partial charge on any atom is 0.143 e. The molecule has 7 nitrogen and oxygen atoms in total. The molecule has 5 N–H and O–H groups in total. The van der Waals surface area contributed by atoms with Gasteiger partial charge in [0.05, 0.1) is 5.39 Å². The smallest absolute Gasteiger partial charge is 0.143 e. The second kappa shape index (κ2) is 6.52. The molecule has 128 valence electrons. The van der Waals surface area contributed by atoms with Gasteiger partial charge in [0, 0.05) is 48.0 Å². The van der Waals surface area contributed by atoms with Crippen LogP contribution in [0.1, 0.15) is 30.0 Å². The van der Waals surface area contributed by atoms with E-state index in [1.165, 1.54) is 11.9 Å². The number of nitrogen functional groups attached to an aromatic ring is 1. The van der Waals surface area contributed by atoms with Crippen LogP contribution in [0.3, 0.4) is 0 Å². The molecule has 0 unspecified atom stereocenters. The summed E-state index contributed by atoms with van der Waals surface area (Å²) in [5.41, 5.74) is 9.94. The summed E-state index contributed by atoms with van der Waals surface area (Å²) in [7, 11) is 0. The number of hydrogen-bond acceptors (Lipinski definition) is 6. The van der Waals surface area contributed by atoms with Crippen molar-refractivity contribution < 1.29 is 4.74 Å². The quantitative estimate of drug-likeness (QED) is 0.432. The number of benzene rings is 1. The van der Waals surface area contributed by atoms with Gasteiger partial charge in [0.15, 0.2) is 0 Å². The van der Waals surface area contributed by atoms with Gasteiger partial charge in [0.1, 0.15) is 17.8 Å². The Bertz CT molecular complexity index is 913. The average Bonchev–Trinajstić information content (AvgIpc) is 3.09. The number of fused-ring (bicyclic) bond motifs is 1. The SMILES string of the molecule is N=Cc1cc(Nc2ncnc3[nH]c(C4CCOCC4)cc23)ccc1N. The van der Waals surface area contributed by atoms with E-state index in [0.717, 1.165) is 48.6 Å². The van der Waals surface area contributed by atoms with Gasteiger partial charge in [-0.25, -0.2) is 9.97 Å². The standard InChI is InChI=1S/C18H20N6O/c19-9-12-7-13(1-2-15(12)20)23-17-14-8-16(11-3-5-25-6-4-11)24-18(14)22-10-21-17/h1-2,7-11,19H,3-6,20H2,(H2,21,22,23,24). The minimum Gasteiger partial charge on any atom is -0.398 e. The topological polar surface area (TPSA) is 113 Å². The molecule has 7 heteroatoms. The van der Waals surface area contributed by atoms with E-state index < -0.39 is 0 Å². The van der Waals surface area contributed by atoms with Crippen molar-refractivity contribution in [2.24, 2.45) is 0 Å². The lowest BCUT2D eigenvalue weighted by molar-refractivity contribution is 0.0846. The van der Waals surface area contributed by atoms with Crippen LogP contribution >= 0.6 is 0 Å². The zero-order chi connectivity index (χ0) is 17.2. The second-order valence-electron chi connectivity index (χ2n) is 6.21. The van der Waals surface area contributed by atoms with E-state index in [4.69, 9.17) is 15.9 Å². The summed E-state index contributed by atoms with van der Waals surface area (Å²) in [5, 5.41) is 11.7. The molecule has 3 aromatic rings. The van der Waals surface area contributed by atoms with E-state index in [9.17, 15) is 0 Å². The van der Waals surface area contributed by atoms with E-state index in [2.05, 4.69) is 26.3 Å². The van der Waals surface area contributed by atoms with Crippen molar-refractivity contribution in [2.45, 2.75) is 18.8 Å². The highest BCUT2D eigenvalue weighted by molar-refractivity contribution is 5.91. The molecule has 1 fully saturated rings. The number of rotatable bonds is 4. The lowest BCUT2D eigenvalue weighted by Crippen LogP contribution is -2.14. The summed E-state index contributed by atoms with van der Waals surface area (Å²) < 4.78 is 5.45. The van der Waals surface area contributed by atoms with Crippen molar-refractivity contribution in [1.29, 1.82) is 5.41 Å². The molecule has 1 aromatic carbocycles. The highest BCUT2D eigenvalue weighted by Gasteiger charge is 2.19. The first-order valence-electron chi connectivity index (χ1n) is 8.33. The van der Waals surface area contributed by atoms with Gasteiger partial charge in [-0.15, -0.1) is 0 Å². The fraction of sp³-hybridized carbons (Fsp3) is 0.278. The Morgan fingerprint density at radius 1 is 1.24 bits per heavy atom. The minimum absolute atomic E-state index is 0.469. The fourth-order valence-corrected chi connectivity index (χ4v) is 3.20. The Balaban J connectivity index is 1.67. The van der Waals surface area contributed by atoms with Crippen LogP contribution in [0.2, 0.25) is 0 Å². The van der Waals surface area contributed by atoms with Gasteiger partial charge < -0.3 is 26.2 Å². The number of aromatic nitrogens is 3. The Labute approximate surface area is 145 Å². The van der Waals surface area contributed by atoms with Crippen LogP contribution in [0.15, 0.2) is 30.6 Å². The molecular formula is C18H20N6O. The molecule has 4 rings (SSSR count). The first-order valence-corrected chi connectivity index (χ1v) is 8.33. The highest BCUT2D eigenvalue weighted by Crippen LogP contribution is 2.31. The monoisotopic (exact) mass is 336 g/mol. The van der Waals surface area contributed by atoms with Crippen LogP contribution in [-0.2, 0) is 4.74 Å². The normalized spacial score (nSPS) is 15.4. The third kappa shape index (κ3) is 3.06. The van der Waals surface area contributed by atoms with Gasteiger partial charge in [0.2, 0.25) is 0 Å². The van der Waals surface area contributed by atoms with Crippen LogP contribution in [0.4, 0.5) is 17.2 Å². The van der Waals surface area contributed by atoms with E-state index >= 15 is 0 Å². The highest BCUT2D eigenvalue weighted by atomic mass is 16.5. The van der Waals surface area contributed by atoms with Crippen molar-refractivity contribution >= 4 is 34.4 Å². The van der Waals surface area contributed by atoms with Crippen molar-refractivity contribution in [3.8, 4) is 0 Å². The molecule has 0 bridgehead atoms. The predicted molar refractivity (Wildman–Crippen MR) is 98.7 cm³/mol. The lowest BCUT2D eigenvalue weighted by atomic mass is 9.97. The van der Waals surface area contributed by atoms with Crippen molar-refractivity contribution in [2.75, 3.05) is 24.3 Å². The van der Waals surface area contributed by atoms with Gasteiger partial charge in [-0.1, -0.05) is 0 Å². The summed E-state index contributed by atoms with van der Waals surface area (Å²) >= 11 is 0. The minimum atomic E-state index is 0.469. The number of nitrogens with zero attached hydrogens (tertiary/aromatic N) is 2. The molecule has 1 aliphatic rings. The van der Waals surface area contributed by atoms with E-state index in [-0.39, 0.29) is 0 Å². The van der Waals surface area contributed by atoms with Crippen LogP contribution in [0.5, 0.6) is 0 Å². The Morgan fingerprint density at radius 2 is 2.08 bits per heavy atom. The van der Waals surface area contributed by atoms with Crippen LogP contribution in [0, 0.1) is 5.41 Å². The van der Waals surface area contributed by atoms with Crippen LogP contribution in [-0.4, -0.2) is 34.4 Å². The van der Waals surface area contributed by atoms with E-state index in [1.54, 1.807) is 12.4 Å². The molecule has 0 radical (unpaired) electrons. The molecule has 0 amide bonds. The molecule has 0 aliphatic carbocycles. The summed E-state index contributed by atoms with van der Waals surface area (Å²) in [6.07, 6.45) is 4.83. The van der Waals surface area contributed by atoms with Crippen molar-refractivity contribution in [3.05, 3.63) is 41.9 Å². The summed E-state index contributed by atoms with van der Waals surface area (Å²) in [4.78, 5) is 12.2. The maximum absolute atomic E-state index is 7.44. The molecular weight excluding hydrogens is 316 g/mol. The molecule has 25 heavy (non-hydrogen) atoms. The lowest BCUT2D eigenvalue weighted by Gasteiger charge is -2.20.